The standard InChI is InChI=1S/C30H32F2N2OS2.C4H4O4.H2O/c1-21-20-27-29(35)34(18-19-36-30(27)37-21)15-3-2-14-33-16-12-24(13-17-33)28(22-4-8-25(31)9-5-22)23-6-10-26(32)11-7-23;5-3(6)1-2-4(7)8;/h4-11,20H,2-3,12-19H2,1H3;1-2H,(H,5,6)(H,7,8);1H2. The summed E-state index contributed by atoms with van der Waals surface area (Å²) in [4.78, 5) is 37.8. The fourth-order valence-corrected chi connectivity index (χ4v) is 7.77. The van der Waals surface area contributed by atoms with E-state index in [2.05, 4.69) is 11.8 Å². The van der Waals surface area contributed by atoms with Crippen LogP contribution in [0.3, 0.4) is 0 Å². The largest absolute Gasteiger partial charge is 0.478 e. The number of carbonyl (C=O) groups is 3. The molecule has 5 rings (SSSR count). The number of halogens is 2. The van der Waals surface area contributed by atoms with Crippen molar-refractivity contribution >= 4 is 46.5 Å². The second-order valence-electron chi connectivity index (χ2n) is 10.7. The Balaban J connectivity index is 0.000000569. The first-order chi connectivity index (χ1) is 21.6. The first-order valence-electron chi connectivity index (χ1n) is 14.7. The molecule has 0 spiro atoms. The van der Waals surface area contributed by atoms with Gasteiger partial charge in [0.15, 0.2) is 0 Å². The number of hydrogen-bond donors (Lipinski definition) is 2. The Bertz CT molecular complexity index is 1480. The van der Waals surface area contributed by atoms with Crippen molar-refractivity contribution in [3.63, 3.8) is 0 Å². The molecule has 0 atom stereocenters. The van der Waals surface area contributed by atoms with E-state index in [1.165, 1.54) is 38.9 Å². The molecule has 2 aliphatic heterocycles. The number of unbranched alkanes of at least 4 members (excludes halogenated alkanes) is 1. The molecule has 12 heteroatoms. The lowest BCUT2D eigenvalue weighted by molar-refractivity contribution is -0.134. The highest BCUT2D eigenvalue weighted by Gasteiger charge is 2.25. The molecular weight excluding hydrogens is 635 g/mol. The minimum absolute atomic E-state index is 0. The van der Waals surface area contributed by atoms with Gasteiger partial charge in [0.25, 0.3) is 5.91 Å². The molecule has 1 aromatic heterocycles. The third kappa shape index (κ3) is 10.6. The summed E-state index contributed by atoms with van der Waals surface area (Å²) >= 11 is 3.54. The van der Waals surface area contributed by atoms with Gasteiger partial charge < -0.3 is 25.5 Å². The van der Waals surface area contributed by atoms with Gasteiger partial charge in [-0.3, -0.25) is 4.79 Å². The molecule has 46 heavy (non-hydrogen) atoms. The van der Waals surface area contributed by atoms with Crippen molar-refractivity contribution < 1.29 is 38.9 Å². The van der Waals surface area contributed by atoms with Crippen molar-refractivity contribution in [2.75, 3.05) is 38.5 Å². The molecule has 2 aromatic carbocycles. The Morgan fingerprint density at radius 3 is 1.89 bits per heavy atom. The number of nitrogens with zero attached hydrogens (tertiary/aromatic N) is 2. The number of amides is 1. The SMILES string of the molecule is Cc1cc2c(s1)SCCN(CCCCN1CCC(=C(c3ccc(F)cc3)c3ccc(F)cc3)CC1)C2=O.O.O=C(O)C=CC(=O)O. The molecule has 4 N–H and O–H groups in total. The lowest BCUT2D eigenvalue weighted by Gasteiger charge is -2.30. The van der Waals surface area contributed by atoms with Crippen LogP contribution < -0.4 is 0 Å². The third-order valence-corrected chi connectivity index (χ3v) is 9.85. The van der Waals surface area contributed by atoms with Crippen LogP contribution in [-0.2, 0) is 9.59 Å². The Labute approximate surface area is 275 Å². The summed E-state index contributed by atoms with van der Waals surface area (Å²) in [5.41, 5.74) is 5.27. The van der Waals surface area contributed by atoms with E-state index in [-0.39, 0.29) is 23.0 Å². The fourth-order valence-electron chi connectivity index (χ4n) is 5.37. The second kappa shape index (κ2) is 17.7. The van der Waals surface area contributed by atoms with Crippen LogP contribution in [0.25, 0.3) is 5.57 Å². The molecule has 0 saturated carbocycles. The normalized spacial score (nSPS) is 15.0. The molecule has 8 nitrogen and oxygen atoms in total. The summed E-state index contributed by atoms with van der Waals surface area (Å²) < 4.78 is 28.3. The molecule has 1 saturated heterocycles. The highest BCUT2D eigenvalue weighted by molar-refractivity contribution is 8.01. The van der Waals surface area contributed by atoms with E-state index in [0.29, 0.717) is 12.2 Å². The van der Waals surface area contributed by atoms with E-state index in [4.69, 9.17) is 10.2 Å². The van der Waals surface area contributed by atoms with Crippen LogP contribution in [0.5, 0.6) is 0 Å². The lowest BCUT2D eigenvalue weighted by Crippen LogP contribution is -2.34. The number of carbonyl (C=O) groups excluding carboxylic acids is 1. The molecule has 1 fully saturated rings. The number of thiophene rings is 1. The van der Waals surface area contributed by atoms with E-state index in [1.807, 2.05) is 35.2 Å². The zero-order valence-electron chi connectivity index (χ0n) is 25.5. The average Bonchev–Trinajstić information content (AvgIpc) is 3.33. The van der Waals surface area contributed by atoms with Gasteiger partial charge in [-0.1, -0.05) is 29.8 Å². The molecule has 1 amide bonds. The number of hydrogen-bond acceptors (Lipinski definition) is 6. The smallest absolute Gasteiger partial charge is 0.328 e. The van der Waals surface area contributed by atoms with Gasteiger partial charge in [0.1, 0.15) is 11.6 Å². The lowest BCUT2D eigenvalue weighted by atomic mass is 9.88. The van der Waals surface area contributed by atoms with Crippen molar-refractivity contribution in [3.05, 3.63) is 106 Å². The summed E-state index contributed by atoms with van der Waals surface area (Å²) in [5.74, 6) is -1.88. The van der Waals surface area contributed by atoms with Crippen LogP contribution in [0, 0.1) is 18.6 Å². The van der Waals surface area contributed by atoms with Gasteiger partial charge in [-0.15, -0.1) is 23.1 Å². The summed E-state index contributed by atoms with van der Waals surface area (Å²) in [6, 6.07) is 15.3. The molecule has 0 bridgehead atoms. The third-order valence-electron chi connectivity index (χ3n) is 7.53. The molecule has 3 heterocycles. The first kappa shape index (κ1) is 36.6. The van der Waals surface area contributed by atoms with E-state index in [9.17, 15) is 23.2 Å². The molecular formula is C34H38F2N2O6S2. The Hall–Kier alpha value is -3.84. The highest BCUT2D eigenvalue weighted by atomic mass is 32.2. The van der Waals surface area contributed by atoms with Crippen molar-refractivity contribution in [3.8, 4) is 0 Å². The van der Waals surface area contributed by atoms with Gasteiger partial charge >= 0.3 is 11.9 Å². The minimum Gasteiger partial charge on any atom is -0.478 e. The van der Waals surface area contributed by atoms with Crippen LogP contribution in [0.4, 0.5) is 8.78 Å². The Kier molecular flexibility index (Phi) is 14.1. The van der Waals surface area contributed by atoms with Crippen LogP contribution in [-0.4, -0.2) is 81.8 Å². The number of aliphatic carboxylic acids is 2. The van der Waals surface area contributed by atoms with Crippen molar-refractivity contribution in [2.24, 2.45) is 0 Å². The van der Waals surface area contributed by atoms with Gasteiger partial charge in [-0.2, -0.15) is 0 Å². The summed E-state index contributed by atoms with van der Waals surface area (Å²) in [6.45, 7) is 6.66. The van der Waals surface area contributed by atoms with Gasteiger partial charge in [-0.05, 0) is 86.2 Å². The number of aryl methyl sites for hydroxylation is 1. The predicted octanol–water partition coefficient (Wildman–Crippen LogP) is 6.15. The summed E-state index contributed by atoms with van der Waals surface area (Å²) in [7, 11) is 0. The van der Waals surface area contributed by atoms with E-state index < -0.39 is 11.9 Å². The number of carboxylic acids is 2. The molecule has 0 radical (unpaired) electrons. The minimum atomic E-state index is -1.26. The average molecular weight is 673 g/mol. The zero-order chi connectivity index (χ0) is 32.3. The van der Waals surface area contributed by atoms with Crippen molar-refractivity contribution in [2.45, 2.75) is 36.8 Å². The number of benzene rings is 2. The molecule has 2 aliphatic rings. The number of rotatable bonds is 9. The molecule has 0 unspecified atom stereocenters. The monoisotopic (exact) mass is 672 g/mol. The number of piperidine rings is 1. The predicted molar refractivity (Wildman–Crippen MR) is 177 cm³/mol. The maximum Gasteiger partial charge on any atom is 0.328 e. The molecule has 246 valence electrons. The Morgan fingerprint density at radius 1 is 0.848 bits per heavy atom. The van der Waals surface area contributed by atoms with E-state index >= 15 is 0 Å². The number of likely N-dealkylation sites (tertiary alicyclic amines) is 1. The van der Waals surface area contributed by atoms with E-state index in [0.717, 1.165) is 86.4 Å². The fraction of sp³-hybridized carbons (Fsp3) is 0.324. The summed E-state index contributed by atoms with van der Waals surface area (Å²) in [5, 5.41) is 15.6. The van der Waals surface area contributed by atoms with Gasteiger partial charge in [0.2, 0.25) is 0 Å². The van der Waals surface area contributed by atoms with Crippen molar-refractivity contribution in [1.29, 1.82) is 0 Å². The number of thioether (sulfide) groups is 1. The van der Waals surface area contributed by atoms with Gasteiger partial charge in [-0.25, -0.2) is 18.4 Å². The van der Waals surface area contributed by atoms with Crippen molar-refractivity contribution in [1.82, 2.24) is 9.80 Å². The second-order valence-corrected chi connectivity index (χ2v) is 13.4. The van der Waals surface area contributed by atoms with Gasteiger partial charge in [0.05, 0.1) is 9.77 Å². The van der Waals surface area contributed by atoms with Crippen LogP contribution in [0.15, 0.2) is 76.5 Å². The van der Waals surface area contributed by atoms with Crippen LogP contribution in [0.1, 0.15) is 52.0 Å². The highest BCUT2D eigenvalue weighted by Crippen LogP contribution is 2.35. The zero-order valence-corrected chi connectivity index (χ0v) is 27.1. The maximum atomic E-state index is 13.6. The quantitative estimate of drug-likeness (QED) is 0.206. The van der Waals surface area contributed by atoms with E-state index in [1.54, 1.807) is 23.1 Å². The first-order valence-corrected chi connectivity index (χ1v) is 16.5. The Morgan fingerprint density at radius 2 is 1.37 bits per heavy atom. The molecule has 3 aromatic rings. The number of carboxylic acid groups (broad SMARTS) is 2. The maximum absolute atomic E-state index is 13.6. The molecule has 0 aliphatic carbocycles. The van der Waals surface area contributed by atoms with Crippen LogP contribution >= 0.6 is 23.1 Å². The topological polar surface area (TPSA) is 130 Å². The van der Waals surface area contributed by atoms with Crippen LogP contribution in [0.2, 0.25) is 0 Å². The van der Waals surface area contributed by atoms with Gasteiger partial charge in [0, 0.05) is 49.0 Å². The summed E-state index contributed by atoms with van der Waals surface area (Å²) in [6.07, 6.45) is 5.06. The number of fused-ring (bicyclic) bond motifs is 1.